The molecule has 3 atom stereocenters. The third-order valence-electron chi connectivity index (χ3n) is 1.96. The normalized spacial score (nSPS) is 20.8. The molecule has 0 aliphatic heterocycles. The van der Waals surface area contributed by atoms with Crippen molar-refractivity contribution in [1.29, 1.82) is 0 Å². The maximum atomic E-state index is 9.60. The highest BCUT2D eigenvalue weighted by Crippen LogP contribution is 2.19. The number of aliphatic hydroxyl groups is 2. The van der Waals surface area contributed by atoms with Crippen LogP contribution in [-0.2, 0) is 4.74 Å². The van der Waals surface area contributed by atoms with Crippen molar-refractivity contribution in [3.63, 3.8) is 0 Å². The minimum atomic E-state index is -0.848. The zero-order chi connectivity index (χ0) is 12.3. The molecule has 0 aromatic heterocycles. The Bertz CT molecular complexity index is 185. The summed E-state index contributed by atoms with van der Waals surface area (Å²) in [4.78, 5) is 0. The lowest BCUT2D eigenvalue weighted by atomic mass is 10.0. The summed E-state index contributed by atoms with van der Waals surface area (Å²) in [6, 6.07) is 0. The van der Waals surface area contributed by atoms with Crippen molar-refractivity contribution >= 4 is 0 Å². The number of hydrogen-bond acceptors (Lipinski definition) is 4. The number of ether oxygens (including phenoxy) is 1. The molecule has 4 N–H and O–H groups in total. The lowest BCUT2D eigenvalue weighted by molar-refractivity contribution is -0.112. The molecule has 0 aromatic carbocycles. The Balaban J connectivity index is 4.10. The van der Waals surface area contributed by atoms with Gasteiger partial charge in [0.2, 0.25) is 0 Å². The molecular weight excluding hydrogens is 194 g/mol. The summed E-state index contributed by atoms with van der Waals surface area (Å²) in [5, 5.41) is 18.8. The largest absolute Gasteiger partial charge is 0.393 e. The molecule has 92 valence electrons. The third kappa shape index (κ3) is 8.81. The number of rotatable bonds is 6. The fourth-order valence-corrected chi connectivity index (χ4v) is 1.84. The molecular formula is C11H25NO3. The summed E-state index contributed by atoms with van der Waals surface area (Å²) in [5.74, 6) is 0. The molecule has 0 bridgehead atoms. The highest BCUT2D eigenvalue weighted by molar-refractivity contribution is 4.75. The fourth-order valence-electron chi connectivity index (χ4n) is 1.84. The topological polar surface area (TPSA) is 75.7 Å². The lowest BCUT2D eigenvalue weighted by Crippen LogP contribution is -2.45. The van der Waals surface area contributed by atoms with Crippen LogP contribution in [0.25, 0.3) is 0 Å². The van der Waals surface area contributed by atoms with Gasteiger partial charge in [0, 0.05) is 12.8 Å². The van der Waals surface area contributed by atoms with Crippen LogP contribution in [0.4, 0.5) is 0 Å². The van der Waals surface area contributed by atoms with E-state index in [2.05, 4.69) is 0 Å². The number of nitrogens with two attached hydrogens (primary N) is 1. The van der Waals surface area contributed by atoms with Gasteiger partial charge >= 0.3 is 0 Å². The summed E-state index contributed by atoms with van der Waals surface area (Å²) in [7, 11) is 0. The van der Waals surface area contributed by atoms with E-state index in [-0.39, 0.29) is 6.10 Å². The van der Waals surface area contributed by atoms with Gasteiger partial charge in [-0.3, -0.25) is 0 Å². The molecule has 3 unspecified atom stereocenters. The molecule has 0 heterocycles. The first-order valence-electron chi connectivity index (χ1n) is 5.39. The summed E-state index contributed by atoms with van der Waals surface area (Å²) in [5.41, 5.74) is 4.26. The number of aliphatic hydroxyl groups excluding tert-OH is 1. The van der Waals surface area contributed by atoms with Crippen molar-refractivity contribution in [3.05, 3.63) is 0 Å². The lowest BCUT2D eigenvalue weighted by Gasteiger charge is -2.32. The molecule has 0 aliphatic rings. The molecule has 0 saturated carbocycles. The van der Waals surface area contributed by atoms with Gasteiger partial charge in [-0.15, -0.1) is 0 Å². The Hall–Kier alpha value is -0.160. The van der Waals surface area contributed by atoms with Crippen molar-refractivity contribution in [1.82, 2.24) is 0 Å². The first-order chi connectivity index (χ1) is 6.52. The molecule has 0 rings (SSSR count). The molecule has 0 fully saturated rings. The van der Waals surface area contributed by atoms with Crippen LogP contribution in [0.15, 0.2) is 0 Å². The molecule has 0 aromatic rings. The van der Waals surface area contributed by atoms with Crippen LogP contribution in [0, 0.1) is 0 Å². The van der Waals surface area contributed by atoms with Crippen molar-refractivity contribution in [2.24, 2.45) is 5.73 Å². The van der Waals surface area contributed by atoms with Gasteiger partial charge in [0.25, 0.3) is 0 Å². The maximum Gasteiger partial charge on any atom is 0.116 e. The Kier molecular flexibility index (Phi) is 5.20. The molecule has 0 spiro atoms. The zero-order valence-corrected chi connectivity index (χ0v) is 10.4. The molecule has 0 aliphatic carbocycles. The molecule has 0 saturated heterocycles. The number of hydrogen-bond donors (Lipinski definition) is 3. The van der Waals surface area contributed by atoms with Crippen LogP contribution >= 0.6 is 0 Å². The second-order valence-electron chi connectivity index (χ2n) is 5.31. The van der Waals surface area contributed by atoms with Crippen LogP contribution < -0.4 is 5.73 Å². The first-order valence-corrected chi connectivity index (χ1v) is 5.39. The summed E-state index contributed by atoms with van der Waals surface area (Å²) >= 11 is 0. The maximum absolute atomic E-state index is 9.60. The van der Waals surface area contributed by atoms with Crippen LogP contribution in [0.5, 0.6) is 0 Å². The van der Waals surface area contributed by atoms with Crippen LogP contribution in [0.3, 0.4) is 0 Å². The van der Waals surface area contributed by atoms with Gasteiger partial charge in [-0.05, 0) is 34.6 Å². The van der Waals surface area contributed by atoms with Gasteiger partial charge in [0.1, 0.15) is 5.72 Å². The van der Waals surface area contributed by atoms with E-state index >= 15 is 0 Å². The van der Waals surface area contributed by atoms with E-state index in [1.54, 1.807) is 27.7 Å². The predicted octanol–water partition coefficient (Wildman–Crippen LogP) is 0.998. The summed E-state index contributed by atoms with van der Waals surface area (Å²) in [6.45, 7) is 8.74. The molecule has 0 amide bonds. The van der Waals surface area contributed by atoms with Gasteiger partial charge in [-0.1, -0.05) is 0 Å². The van der Waals surface area contributed by atoms with Gasteiger partial charge in [-0.2, -0.15) is 0 Å². The van der Waals surface area contributed by atoms with E-state index in [1.807, 2.05) is 6.92 Å². The van der Waals surface area contributed by atoms with Gasteiger partial charge in [0.05, 0.1) is 17.8 Å². The summed E-state index contributed by atoms with van der Waals surface area (Å²) in [6.07, 6.45) is 0.260. The standard InChI is InChI=1S/C11H25NO3/c1-8(13)6-11(5,12)15-9(2)7-10(3,4)14/h8-9,13-14H,6-7,12H2,1-5H3. The Morgan fingerprint density at radius 3 is 2.00 bits per heavy atom. The van der Waals surface area contributed by atoms with E-state index in [1.165, 1.54) is 0 Å². The molecule has 0 radical (unpaired) electrons. The van der Waals surface area contributed by atoms with Crippen molar-refractivity contribution in [3.8, 4) is 0 Å². The van der Waals surface area contributed by atoms with E-state index in [0.29, 0.717) is 12.8 Å². The highest BCUT2D eigenvalue weighted by Gasteiger charge is 2.27. The minimum Gasteiger partial charge on any atom is -0.393 e. The average Bonchev–Trinajstić information content (AvgIpc) is 1.73. The molecule has 4 nitrogen and oxygen atoms in total. The van der Waals surface area contributed by atoms with Crippen molar-refractivity contribution in [2.45, 2.75) is 71.0 Å². The van der Waals surface area contributed by atoms with Gasteiger partial charge in [-0.25, -0.2) is 0 Å². The highest BCUT2D eigenvalue weighted by atomic mass is 16.5. The average molecular weight is 219 g/mol. The predicted molar refractivity (Wildman–Crippen MR) is 60.4 cm³/mol. The Morgan fingerprint density at radius 2 is 1.67 bits per heavy atom. The van der Waals surface area contributed by atoms with Crippen molar-refractivity contribution in [2.75, 3.05) is 0 Å². The van der Waals surface area contributed by atoms with Crippen LogP contribution in [0.2, 0.25) is 0 Å². The van der Waals surface area contributed by atoms with Gasteiger partial charge < -0.3 is 20.7 Å². The second kappa shape index (κ2) is 5.25. The van der Waals surface area contributed by atoms with Crippen molar-refractivity contribution < 1.29 is 14.9 Å². The van der Waals surface area contributed by atoms with Crippen LogP contribution in [-0.4, -0.2) is 33.7 Å². The Labute approximate surface area is 92.4 Å². The van der Waals surface area contributed by atoms with E-state index < -0.39 is 17.4 Å². The fraction of sp³-hybridized carbons (Fsp3) is 1.00. The van der Waals surface area contributed by atoms with E-state index in [0.717, 1.165) is 0 Å². The minimum absolute atomic E-state index is 0.140. The molecule has 4 heteroatoms. The second-order valence-corrected chi connectivity index (χ2v) is 5.31. The molecule has 15 heavy (non-hydrogen) atoms. The van der Waals surface area contributed by atoms with E-state index in [9.17, 15) is 10.2 Å². The quantitative estimate of drug-likeness (QED) is 0.582. The first kappa shape index (κ1) is 14.8. The zero-order valence-electron chi connectivity index (χ0n) is 10.4. The van der Waals surface area contributed by atoms with Gasteiger partial charge in [0.15, 0.2) is 0 Å². The van der Waals surface area contributed by atoms with E-state index in [4.69, 9.17) is 10.5 Å². The smallest absolute Gasteiger partial charge is 0.116 e. The summed E-state index contributed by atoms with van der Waals surface area (Å²) < 4.78 is 5.58. The third-order valence-corrected chi connectivity index (χ3v) is 1.96. The van der Waals surface area contributed by atoms with Crippen LogP contribution in [0.1, 0.15) is 47.5 Å². The Morgan fingerprint density at radius 1 is 1.20 bits per heavy atom. The monoisotopic (exact) mass is 219 g/mol. The SMILES string of the molecule is CC(O)CC(C)(N)OC(C)CC(C)(C)O.